The molecule has 1 aromatic rings. The summed E-state index contributed by atoms with van der Waals surface area (Å²) in [4.78, 5) is 0. The van der Waals surface area contributed by atoms with E-state index in [1.165, 1.54) is 0 Å². The Kier molecular flexibility index (Phi) is 13.7. The summed E-state index contributed by atoms with van der Waals surface area (Å²) in [5, 5.41) is 13.1. The largest absolute Gasteiger partial charge is 0.177 e. The van der Waals surface area contributed by atoms with Crippen LogP contribution in [0.3, 0.4) is 0 Å². The van der Waals surface area contributed by atoms with Gasteiger partial charge in [0, 0.05) is 6.42 Å². The molecule has 0 radical (unpaired) electrons. The molecule has 0 aliphatic rings. The van der Waals surface area contributed by atoms with Gasteiger partial charge in [-0.25, -0.2) is 0 Å². The van der Waals surface area contributed by atoms with Crippen LogP contribution < -0.4 is 0 Å². The summed E-state index contributed by atoms with van der Waals surface area (Å²) in [7, 11) is 0. The number of nitrogens with zero attached hydrogens (tertiary/aromatic N) is 3. The van der Waals surface area contributed by atoms with Crippen LogP contribution >= 0.6 is 0 Å². The maximum Gasteiger partial charge on any atom is 0.174 e. The average molecular weight is 158 g/mol. The summed E-state index contributed by atoms with van der Waals surface area (Å²) in [6.45, 7) is 9.98. The van der Waals surface area contributed by atoms with Gasteiger partial charge in [-0.3, -0.25) is 0 Å². The smallest absolute Gasteiger partial charge is 0.174 e. The predicted octanol–water partition coefficient (Wildman–Crippen LogP) is 1.81. The molecule has 0 aliphatic heterocycles. The van der Waals surface area contributed by atoms with Crippen molar-refractivity contribution in [1.82, 2.24) is 20.6 Å². The second-order valence-electron chi connectivity index (χ2n) is 1.18. The van der Waals surface area contributed by atoms with Crippen molar-refractivity contribution in [3.63, 3.8) is 0 Å². The highest BCUT2D eigenvalue weighted by molar-refractivity contribution is 4.71. The average Bonchev–Trinajstić information content (AvgIpc) is 2.63. The Labute approximate surface area is 68.4 Å². The zero-order valence-corrected chi connectivity index (χ0v) is 8.05. The highest BCUT2D eigenvalue weighted by Crippen LogP contribution is 1.79. The van der Waals surface area contributed by atoms with Gasteiger partial charge in [0.15, 0.2) is 5.82 Å². The summed E-state index contributed by atoms with van der Waals surface area (Å²) in [5.74, 6) is 0.764. The van der Waals surface area contributed by atoms with Gasteiger partial charge in [0.1, 0.15) is 0 Å². The number of aryl methyl sites for hydroxylation is 1. The van der Waals surface area contributed by atoms with Crippen LogP contribution in [0.5, 0.6) is 0 Å². The summed E-state index contributed by atoms with van der Waals surface area (Å²) in [6, 6.07) is 0. The van der Waals surface area contributed by atoms with Gasteiger partial charge in [-0.15, -0.1) is 10.2 Å². The lowest BCUT2D eigenvalue weighted by atomic mass is 10.5. The summed E-state index contributed by atoms with van der Waals surface area (Å²) in [5.41, 5.74) is 0. The predicted molar refractivity (Wildman–Crippen MR) is 46.3 cm³/mol. The fraction of sp³-hybridized carbons (Fsp3) is 0.857. The molecule has 1 aromatic heterocycles. The maximum atomic E-state index is 3.69. The van der Waals surface area contributed by atoms with Crippen LogP contribution in [0, 0.1) is 0 Å². The van der Waals surface area contributed by atoms with Crippen molar-refractivity contribution in [1.29, 1.82) is 0 Å². The van der Waals surface area contributed by atoms with Gasteiger partial charge in [-0.2, -0.15) is 5.21 Å². The number of hydrogen-bond donors (Lipinski definition) is 1. The molecule has 0 saturated heterocycles. The fourth-order valence-electron chi connectivity index (χ4n) is 0.332. The van der Waals surface area contributed by atoms with E-state index >= 15 is 0 Å². The minimum atomic E-state index is 0.764. The molecule has 11 heavy (non-hydrogen) atoms. The van der Waals surface area contributed by atoms with Crippen molar-refractivity contribution in [2.45, 2.75) is 41.0 Å². The number of H-pyrrole nitrogens is 1. The van der Waals surface area contributed by atoms with Crippen LogP contribution in [-0.4, -0.2) is 20.6 Å². The van der Waals surface area contributed by atoms with Gasteiger partial charge in [-0.05, 0) is 0 Å². The minimum absolute atomic E-state index is 0.764. The summed E-state index contributed by atoms with van der Waals surface area (Å²) < 4.78 is 0. The Morgan fingerprint density at radius 3 is 1.91 bits per heavy atom. The van der Waals surface area contributed by atoms with Crippen LogP contribution in [-0.2, 0) is 6.42 Å². The quantitative estimate of drug-likeness (QED) is 0.678. The van der Waals surface area contributed by atoms with Crippen molar-refractivity contribution < 1.29 is 0 Å². The number of rotatable bonds is 1. The topological polar surface area (TPSA) is 54.5 Å². The van der Waals surface area contributed by atoms with Crippen molar-refractivity contribution in [2.24, 2.45) is 0 Å². The Bertz CT molecular complexity index is 125. The third kappa shape index (κ3) is 6.96. The Morgan fingerprint density at radius 2 is 1.73 bits per heavy atom. The molecule has 1 N–H and O–H groups in total. The Balaban J connectivity index is 0. The first-order valence-corrected chi connectivity index (χ1v) is 4.16. The SMILES string of the molecule is CC.CC.CCc1nn[nH]n1. The summed E-state index contributed by atoms with van der Waals surface area (Å²) in [6.07, 6.45) is 0.844. The highest BCUT2D eigenvalue weighted by atomic mass is 15.5. The van der Waals surface area contributed by atoms with Crippen LogP contribution in [0.1, 0.15) is 40.4 Å². The fourth-order valence-corrected chi connectivity index (χ4v) is 0.332. The first-order chi connectivity index (χ1) is 5.43. The molecule has 0 aliphatic carbocycles. The van der Waals surface area contributed by atoms with Crippen molar-refractivity contribution >= 4 is 0 Å². The first kappa shape index (κ1) is 12.7. The van der Waals surface area contributed by atoms with Gasteiger partial charge >= 0.3 is 0 Å². The molecule has 0 bridgehead atoms. The molecule has 0 saturated carbocycles. The lowest BCUT2D eigenvalue weighted by Crippen LogP contribution is -1.80. The monoisotopic (exact) mass is 158 g/mol. The molecule has 4 nitrogen and oxygen atoms in total. The van der Waals surface area contributed by atoms with Gasteiger partial charge in [-0.1, -0.05) is 39.8 Å². The van der Waals surface area contributed by atoms with Crippen LogP contribution in [0.15, 0.2) is 0 Å². The molecule has 4 heteroatoms. The molecule has 0 amide bonds. The number of tetrazole rings is 1. The molecule has 0 spiro atoms. The van der Waals surface area contributed by atoms with E-state index in [0.717, 1.165) is 12.2 Å². The number of aromatic amines is 1. The van der Waals surface area contributed by atoms with Crippen molar-refractivity contribution in [3.05, 3.63) is 5.82 Å². The zero-order valence-electron chi connectivity index (χ0n) is 8.05. The molecule has 0 unspecified atom stereocenters. The Hall–Kier alpha value is -0.930. The normalized spacial score (nSPS) is 7.00. The van der Waals surface area contributed by atoms with Crippen LogP contribution in [0.2, 0.25) is 0 Å². The van der Waals surface area contributed by atoms with Gasteiger partial charge < -0.3 is 0 Å². The molecule has 1 heterocycles. The van der Waals surface area contributed by atoms with E-state index in [0.29, 0.717) is 0 Å². The minimum Gasteiger partial charge on any atom is -0.177 e. The highest BCUT2D eigenvalue weighted by Gasteiger charge is 1.87. The van der Waals surface area contributed by atoms with Crippen molar-refractivity contribution in [2.75, 3.05) is 0 Å². The molecular formula is C7H18N4. The van der Waals surface area contributed by atoms with Gasteiger partial charge in [0.25, 0.3) is 0 Å². The van der Waals surface area contributed by atoms with Gasteiger partial charge in [0.05, 0.1) is 0 Å². The number of hydrogen-bond acceptors (Lipinski definition) is 3. The lowest BCUT2D eigenvalue weighted by molar-refractivity contribution is 0.881. The van der Waals surface area contributed by atoms with E-state index in [4.69, 9.17) is 0 Å². The molecule has 66 valence electrons. The Morgan fingerprint density at radius 1 is 1.18 bits per heavy atom. The van der Waals surface area contributed by atoms with E-state index in [9.17, 15) is 0 Å². The molecular weight excluding hydrogens is 140 g/mol. The molecule has 1 rings (SSSR count). The number of aromatic nitrogens is 4. The molecule has 0 atom stereocenters. The van der Waals surface area contributed by atoms with Crippen LogP contribution in [0.25, 0.3) is 0 Å². The van der Waals surface area contributed by atoms with E-state index < -0.39 is 0 Å². The second kappa shape index (κ2) is 11.8. The van der Waals surface area contributed by atoms with Crippen LogP contribution in [0.4, 0.5) is 0 Å². The molecule has 0 fully saturated rings. The number of nitrogens with one attached hydrogen (secondary N) is 1. The lowest BCUT2D eigenvalue weighted by Gasteiger charge is -1.72. The van der Waals surface area contributed by atoms with E-state index in [1.54, 1.807) is 0 Å². The molecule has 0 aromatic carbocycles. The first-order valence-electron chi connectivity index (χ1n) is 4.16. The van der Waals surface area contributed by atoms with E-state index in [-0.39, 0.29) is 0 Å². The van der Waals surface area contributed by atoms with Crippen molar-refractivity contribution in [3.8, 4) is 0 Å². The standard InChI is InChI=1S/C3H6N4.2C2H6/c1-2-3-4-6-7-5-3;2*1-2/h2H2,1H3,(H,4,5,6,7);2*1-2H3. The zero-order chi connectivity index (χ0) is 9.11. The van der Waals surface area contributed by atoms with E-state index in [1.807, 2.05) is 34.6 Å². The second-order valence-corrected chi connectivity index (χ2v) is 1.18. The van der Waals surface area contributed by atoms with Gasteiger partial charge in [0.2, 0.25) is 0 Å². The third-order valence-electron chi connectivity index (χ3n) is 0.705. The maximum absolute atomic E-state index is 3.69. The van der Waals surface area contributed by atoms with E-state index in [2.05, 4.69) is 20.6 Å². The third-order valence-corrected chi connectivity index (χ3v) is 0.705. The summed E-state index contributed by atoms with van der Waals surface area (Å²) >= 11 is 0.